The fourth-order valence-corrected chi connectivity index (χ4v) is 7.18. The molecule has 5 aromatic rings. The molecule has 3 heterocycles. The van der Waals surface area contributed by atoms with Crippen LogP contribution in [0.25, 0.3) is 22.3 Å². The van der Waals surface area contributed by atoms with Gasteiger partial charge in [0.05, 0.1) is 10.6 Å². The van der Waals surface area contributed by atoms with Gasteiger partial charge >= 0.3 is 0 Å². The number of hydrogen-bond donors (Lipinski definition) is 3. The van der Waals surface area contributed by atoms with E-state index in [2.05, 4.69) is 48.0 Å². The van der Waals surface area contributed by atoms with Crippen molar-refractivity contribution < 1.29 is 13.2 Å². The number of nitrogens with one attached hydrogen (secondary N) is 3. The van der Waals surface area contributed by atoms with Gasteiger partial charge in [-0.05, 0) is 88.3 Å². The third-order valence-electron chi connectivity index (χ3n) is 8.33. The molecular weight excluding hydrogens is 625 g/mol. The van der Waals surface area contributed by atoms with Gasteiger partial charge in [0.1, 0.15) is 12.1 Å². The van der Waals surface area contributed by atoms with Gasteiger partial charge in [-0.25, -0.2) is 27.3 Å². The number of likely N-dealkylation sites (N-methyl/N-ethyl adjacent to an activating group) is 1. The van der Waals surface area contributed by atoms with Gasteiger partial charge in [0.25, 0.3) is 15.9 Å². The smallest absolute Gasteiger partial charge is 0.269 e. The number of carbonyl (C=O) groups is 1. The monoisotopic (exact) mass is 664 g/mol. The van der Waals surface area contributed by atoms with E-state index in [9.17, 15) is 13.2 Å². The maximum absolute atomic E-state index is 13.2. The lowest BCUT2D eigenvalue weighted by molar-refractivity contribution is 0.0926. The largest absolute Gasteiger partial charge is 0.382 e. The molecule has 1 fully saturated rings. The Morgan fingerprint density at radius 2 is 1.75 bits per heavy atom. The summed E-state index contributed by atoms with van der Waals surface area (Å²) in [7, 11) is 0.296. The number of rotatable bonds is 12. The van der Waals surface area contributed by atoms with Gasteiger partial charge in [0.15, 0.2) is 5.65 Å². The Balaban J connectivity index is 1.06. The number of hydrogen-bond acceptors (Lipinski definition) is 9. The third-order valence-corrected chi connectivity index (χ3v) is 10.0. The van der Waals surface area contributed by atoms with Crippen LogP contribution in [0.1, 0.15) is 36.0 Å². The zero-order valence-corrected chi connectivity index (χ0v) is 27.9. The zero-order valence-electron chi connectivity index (χ0n) is 27.1. The average molecular weight is 665 g/mol. The first-order chi connectivity index (χ1) is 23.3. The summed E-state index contributed by atoms with van der Waals surface area (Å²) >= 11 is 0. The molecule has 11 nitrogen and oxygen atoms in total. The molecule has 1 saturated carbocycles. The molecule has 6 rings (SSSR count). The number of fused-ring (bicyclic) bond motifs is 1. The topological polar surface area (TPSA) is 134 Å². The molecule has 3 N–H and O–H groups in total. The second kappa shape index (κ2) is 14.8. The van der Waals surface area contributed by atoms with Gasteiger partial charge < -0.3 is 20.9 Å². The number of nitrogens with zero attached hydrogens (tertiary/aromatic N) is 5. The Hall–Kier alpha value is -5.07. The first-order valence-electron chi connectivity index (χ1n) is 16.1. The maximum Gasteiger partial charge on any atom is 0.269 e. The number of amides is 1. The van der Waals surface area contributed by atoms with Crippen LogP contribution in [0.15, 0.2) is 109 Å². The zero-order chi connectivity index (χ0) is 33.5. The number of pyridine rings is 1. The molecule has 248 valence electrons. The van der Waals surface area contributed by atoms with Crippen molar-refractivity contribution >= 4 is 38.5 Å². The van der Waals surface area contributed by atoms with Crippen molar-refractivity contribution in [2.45, 2.75) is 42.7 Å². The lowest BCUT2D eigenvalue weighted by Crippen LogP contribution is -2.41. The number of aromatic nitrogens is 4. The molecule has 0 bridgehead atoms. The molecule has 12 heteroatoms. The molecule has 1 aliphatic carbocycles. The number of anilines is 2. The van der Waals surface area contributed by atoms with E-state index in [1.54, 1.807) is 42.6 Å². The molecule has 0 radical (unpaired) electrons. The van der Waals surface area contributed by atoms with E-state index < -0.39 is 10.0 Å². The molecule has 2 atom stereocenters. The second-order valence-electron chi connectivity index (χ2n) is 12.2. The van der Waals surface area contributed by atoms with Crippen molar-refractivity contribution in [3.63, 3.8) is 0 Å². The van der Waals surface area contributed by atoms with Crippen molar-refractivity contribution in [3.05, 3.63) is 109 Å². The van der Waals surface area contributed by atoms with E-state index in [0.717, 1.165) is 50.0 Å². The van der Waals surface area contributed by atoms with Crippen LogP contribution in [-0.4, -0.2) is 77.4 Å². The lowest BCUT2D eigenvalue weighted by Gasteiger charge is -2.30. The summed E-state index contributed by atoms with van der Waals surface area (Å²) in [5.74, 6) is 0.608. The van der Waals surface area contributed by atoms with Crippen molar-refractivity contribution in [2.24, 2.45) is 0 Å². The van der Waals surface area contributed by atoms with Crippen LogP contribution < -0.4 is 16.0 Å². The predicted octanol–water partition coefficient (Wildman–Crippen LogP) is 5.41. The fraction of sp³-hybridized carbons (Fsp3) is 0.278. The first kappa shape index (κ1) is 32.9. The van der Waals surface area contributed by atoms with Gasteiger partial charge in [-0.2, -0.15) is 0 Å². The van der Waals surface area contributed by atoms with Crippen LogP contribution in [0.4, 0.5) is 11.5 Å². The Bertz CT molecular complexity index is 1990. The van der Waals surface area contributed by atoms with Crippen LogP contribution in [-0.2, 0) is 10.0 Å². The average Bonchev–Trinajstić information content (AvgIpc) is 3.53. The summed E-state index contributed by atoms with van der Waals surface area (Å²) < 4.78 is 27.6. The van der Waals surface area contributed by atoms with Crippen molar-refractivity contribution in [1.82, 2.24) is 29.1 Å². The molecule has 0 saturated heterocycles. The Labute approximate surface area is 281 Å². The number of carbonyl (C=O) groups excluding carboxylic acids is 1. The summed E-state index contributed by atoms with van der Waals surface area (Å²) in [5.41, 5.74) is 3.37. The lowest BCUT2D eigenvalue weighted by atomic mass is 9.90. The third kappa shape index (κ3) is 7.89. The highest BCUT2D eigenvalue weighted by Gasteiger charge is 2.24. The standard InChI is InChI=1S/C36H40N8O3S/c1-43(2)19-7-6-18-37-29-15-13-26(14-16-29)36(45)42-31-10-8-9-30(22-31)41-34-23-33(39-25-40-34)28-21-27-17-20-44(35(27)38-24-28)48(46,47)32-11-4-3-5-12-32/h3-7,11-17,20-21,23-25,30-31,37H,8-10,18-19,22H2,1-2H3,(H,42,45)(H,39,40,41)/b7-6+. The Morgan fingerprint density at radius 3 is 2.54 bits per heavy atom. The van der Waals surface area contributed by atoms with E-state index >= 15 is 0 Å². The molecule has 0 aliphatic heterocycles. The molecule has 0 spiro atoms. The quantitative estimate of drug-likeness (QED) is 0.150. The van der Waals surface area contributed by atoms with Crippen LogP contribution in [0, 0.1) is 0 Å². The van der Waals surface area contributed by atoms with Crippen LogP contribution in [0.2, 0.25) is 0 Å². The molecular formula is C36H40N8O3S. The van der Waals surface area contributed by atoms with E-state index in [4.69, 9.17) is 0 Å². The molecule has 2 aromatic carbocycles. The normalized spacial score (nSPS) is 16.7. The Morgan fingerprint density at radius 1 is 0.958 bits per heavy atom. The SMILES string of the molecule is CN(C)C/C=C/CNc1ccc(C(=O)NC2CCCC(Nc3cc(-c4cnc5c(ccn5S(=O)(=O)c5ccccc5)c4)ncn3)C2)cc1. The summed E-state index contributed by atoms with van der Waals surface area (Å²) in [5, 5.41) is 10.8. The minimum absolute atomic E-state index is 0.0486. The molecule has 48 heavy (non-hydrogen) atoms. The van der Waals surface area contributed by atoms with Crippen LogP contribution >= 0.6 is 0 Å². The first-order valence-corrected chi connectivity index (χ1v) is 17.5. The second-order valence-corrected chi connectivity index (χ2v) is 14.0. The molecule has 2 unspecified atom stereocenters. The summed E-state index contributed by atoms with van der Waals surface area (Å²) in [6.45, 7) is 1.63. The molecule has 1 amide bonds. The summed E-state index contributed by atoms with van der Waals surface area (Å²) in [4.78, 5) is 28.8. The van der Waals surface area contributed by atoms with E-state index in [1.807, 2.05) is 50.5 Å². The fourth-order valence-electron chi connectivity index (χ4n) is 5.85. The summed E-state index contributed by atoms with van der Waals surface area (Å²) in [6.07, 6.45) is 12.5. The highest BCUT2D eigenvalue weighted by Crippen LogP contribution is 2.27. The molecule has 1 aliphatic rings. The molecule has 3 aromatic heterocycles. The van der Waals surface area contributed by atoms with Gasteiger partial charge in [0.2, 0.25) is 0 Å². The van der Waals surface area contributed by atoms with Crippen molar-refractivity contribution in [2.75, 3.05) is 37.8 Å². The highest BCUT2D eigenvalue weighted by atomic mass is 32.2. The highest BCUT2D eigenvalue weighted by molar-refractivity contribution is 7.90. The summed E-state index contributed by atoms with van der Waals surface area (Å²) in [6, 6.07) is 21.5. The van der Waals surface area contributed by atoms with E-state index in [1.165, 1.54) is 16.5 Å². The van der Waals surface area contributed by atoms with Crippen LogP contribution in [0.3, 0.4) is 0 Å². The van der Waals surface area contributed by atoms with Gasteiger partial charge in [-0.3, -0.25) is 4.79 Å². The van der Waals surface area contributed by atoms with Crippen molar-refractivity contribution in [3.8, 4) is 11.3 Å². The van der Waals surface area contributed by atoms with Gasteiger partial charge in [-0.15, -0.1) is 0 Å². The van der Waals surface area contributed by atoms with Gasteiger partial charge in [-0.1, -0.05) is 30.4 Å². The minimum Gasteiger partial charge on any atom is -0.382 e. The number of benzene rings is 2. The van der Waals surface area contributed by atoms with Crippen molar-refractivity contribution in [1.29, 1.82) is 0 Å². The minimum atomic E-state index is -3.77. The van der Waals surface area contributed by atoms with E-state index in [-0.39, 0.29) is 22.9 Å². The van der Waals surface area contributed by atoms with E-state index in [0.29, 0.717) is 28.1 Å². The van der Waals surface area contributed by atoms with Gasteiger partial charge in [0, 0.05) is 65.8 Å². The predicted molar refractivity (Wildman–Crippen MR) is 190 cm³/mol. The Kier molecular flexibility index (Phi) is 10.1. The maximum atomic E-state index is 13.2. The van der Waals surface area contributed by atoms with Crippen LogP contribution in [0.5, 0.6) is 0 Å².